The summed E-state index contributed by atoms with van der Waals surface area (Å²) in [4.78, 5) is 35.1. The number of aliphatic hydroxyl groups excluding tert-OH is 5. The van der Waals surface area contributed by atoms with E-state index in [2.05, 4.69) is 50.3 Å². The van der Waals surface area contributed by atoms with Crippen LogP contribution in [-0.4, -0.2) is 98.3 Å². The molecule has 1 aliphatic rings. The van der Waals surface area contributed by atoms with Crippen molar-refractivity contribution in [3.05, 3.63) is 48.6 Å². The van der Waals surface area contributed by atoms with Gasteiger partial charge in [0.25, 0.3) is 0 Å². The molecule has 0 spiro atoms. The first-order chi connectivity index (χ1) is 23.9. The number of ether oxygens (including phenoxy) is 2. The summed E-state index contributed by atoms with van der Waals surface area (Å²) >= 11 is 0. The Hall–Kier alpha value is -2.19. The van der Waals surface area contributed by atoms with Crippen molar-refractivity contribution in [2.45, 2.75) is 153 Å². The van der Waals surface area contributed by atoms with E-state index in [4.69, 9.17) is 18.5 Å². The number of carbonyl (C=O) groups excluding carboxylic acids is 2. The zero-order valence-electron chi connectivity index (χ0n) is 29.7. The number of phosphoric acid groups is 1. The van der Waals surface area contributed by atoms with Gasteiger partial charge in [0.1, 0.15) is 43.2 Å². The first-order valence-corrected chi connectivity index (χ1v) is 19.4. The minimum absolute atomic E-state index is 0.0196. The summed E-state index contributed by atoms with van der Waals surface area (Å²) in [5.74, 6) is -1.18. The van der Waals surface area contributed by atoms with Crippen LogP contribution >= 0.6 is 7.82 Å². The second kappa shape index (κ2) is 27.5. The quantitative estimate of drug-likeness (QED) is 0.0288. The van der Waals surface area contributed by atoms with Crippen LogP contribution in [0.4, 0.5) is 0 Å². The third-order valence-electron chi connectivity index (χ3n) is 7.90. The van der Waals surface area contributed by atoms with Crippen LogP contribution in [0.5, 0.6) is 0 Å². The van der Waals surface area contributed by atoms with Crippen LogP contribution in [0.2, 0.25) is 0 Å². The van der Waals surface area contributed by atoms with Crippen molar-refractivity contribution in [3.63, 3.8) is 0 Å². The number of allylic oxidation sites excluding steroid dienone is 8. The molecule has 3 unspecified atom stereocenters. The van der Waals surface area contributed by atoms with Crippen LogP contribution in [-0.2, 0) is 32.7 Å². The van der Waals surface area contributed by atoms with Crippen LogP contribution < -0.4 is 0 Å². The Balaban J connectivity index is 2.60. The van der Waals surface area contributed by atoms with Gasteiger partial charge >= 0.3 is 19.8 Å². The van der Waals surface area contributed by atoms with Gasteiger partial charge in [-0.2, -0.15) is 0 Å². The summed E-state index contributed by atoms with van der Waals surface area (Å²) < 4.78 is 33.1. The molecule has 0 aliphatic heterocycles. The molecular weight excluding hydrogens is 671 g/mol. The second-order valence-corrected chi connectivity index (χ2v) is 13.8. The highest BCUT2D eigenvalue weighted by Gasteiger charge is 2.51. The van der Waals surface area contributed by atoms with E-state index in [9.17, 15) is 44.6 Å². The van der Waals surface area contributed by atoms with Crippen molar-refractivity contribution in [3.8, 4) is 0 Å². The maximum Gasteiger partial charge on any atom is 0.472 e. The average Bonchev–Trinajstić information content (AvgIpc) is 3.09. The lowest BCUT2D eigenvalue weighted by Gasteiger charge is -2.41. The van der Waals surface area contributed by atoms with Crippen molar-refractivity contribution in [2.24, 2.45) is 0 Å². The molecule has 0 bridgehead atoms. The number of hydrogen-bond donors (Lipinski definition) is 6. The minimum Gasteiger partial charge on any atom is -0.462 e. The van der Waals surface area contributed by atoms with E-state index in [0.29, 0.717) is 19.3 Å². The van der Waals surface area contributed by atoms with Crippen LogP contribution in [0.15, 0.2) is 48.6 Å². The fraction of sp³-hybridized carbons (Fsp3) is 0.722. The number of carbonyl (C=O) groups is 2. The molecule has 1 fully saturated rings. The maximum absolute atomic E-state index is 12.7. The van der Waals surface area contributed by atoms with Crippen molar-refractivity contribution in [2.75, 3.05) is 13.2 Å². The highest BCUT2D eigenvalue weighted by Crippen LogP contribution is 2.47. The SMILES string of the molecule is CCC/C=C/C/C=C/C/C=C/C/C=C/CCCC(=O)O[C@H](COC(=O)CCCCCCCC)COP(=O)(O)OC1[C@H](O)[C@H](O)C(O)[C@H](O)[C@H]1O. The fourth-order valence-corrected chi connectivity index (χ4v) is 5.90. The number of aliphatic hydroxyl groups is 5. The minimum atomic E-state index is -5.11. The molecule has 1 aliphatic carbocycles. The lowest BCUT2D eigenvalue weighted by atomic mass is 9.85. The molecule has 1 rings (SSSR count). The Labute approximate surface area is 297 Å². The summed E-state index contributed by atoms with van der Waals surface area (Å²) in [6.07, 6.45) is 15.3. The third kappa shape index (κ3) is 20.6. The molecule has 8 atom stereocenters. The number of esters is 2. The van der Waals surface area contributed by atoms with Crippen molar-refractivity contribution in [1.82, 2.24) is 0 Å². The van der Waals surface area contributed by atoms with Gasteiger partial charge in [0.15, 0.2) is 6.10 Å². The summed E-state index contributed by atoms with van der Waals surface area (Å²) in [5, 5.41) is 49.7. The molecular formula is C36H61O13P. The Morgan fingerprint density at radius 1 is 0.620 bits per heavy atom. The fourth-order valence-electron chi connectivity index (χ4n) is 4.93. The molecule has 0 radical (unpaired) electrons. The lowest BCUT2D eigenvalue weighted by molar-refractivity contribution is -0.220. The Kier molecular flexibility index (Phi) is 25.2. The van der Waals surface area contributed by atoms with E-state index >= 15 is 0 Å². The number of unbranched alkanes of at least 4 members (excludes halogenated alkanes) is 7. The Morgan fingerprint density at radius 3 is 1.70 bits per heavy atom. The van der Waals surface area contributed by atoms with Gasteiger partial charge in [-0.05, 0) is 44.9 Å². The summed E-state index contributed by atoms with van der Waals surface area (Å²) in [6.45, 7) is 3.04. The third-order valence-corrected chi connectivity index (χ3v) is 8.89. The van der Waals surface area contributed by atoms with Gasteiger partial charge in [0.05, 0.1) is 6.61 Å². The number of rotatable bonds is 27. The normalized spacial score (nSPS) is 24.7. The molecule has 0 aromatic rings. The molecule has 0 amide bonds. The molecule has 0 aromatic heterocycles. The number of hydrogen-bond acceptors (Lipinski definition) is 12. The predicted octanol–water partition coefficient (Wildman–Crippen LogP) is 4.88. The molecule has 13 nitrogen and oxygen atoms in total. The monoisotopic (exact) mass is 732 g/mol. The highest BCUT2D eigenvalue weighted by atomic mass is 31.2. The molecule has 6 N–H and O–H groups in total. The van der Waals surface area contributed by atoms with Gasteiger partial charge in [0, 0.05) is 12.8 Å². The van der Waals surface area contributed by atoms with Crippen molar-refractivity contribution in [1.29, 1.82) is 0 Å². The Morgan fingerprint density at radius 2 is 1.12 bits per heavy atom. The van der Waals surface area contributed by atoms with Gasteiger partial charge in [-0.1, -0.05) is 101 Å². The molecule has 0 saturated heterocycles. The van der Waals surface area contributed by atoms with Gasteiger partial charge in [-0.3, -0.25) is 18.6 Å². The van der Waals surface area contributed by atoms with Gasteiger partial charge in [-0.25, -0.2) is 4.57 Å². The van der Waals surface area contributed by atoms with Crippen LogP contribution in [0.25, 0.3) is 0 Å². The molecule has 0 heterocycles. The topological polar surface area (TPSA) is 210 Å². The van der Waals surface area contributed by atoms with Crippen LogP contribution in [0, 0.1) is 0 Å². The van der Waals surface area contributed by atoms with E-state index < -0.39 is 75.7 Å². The smallest absolute Gasteiger partial charge is 0.462 e. The highest BCUT2D eigenvalue weighted by molar-refractivity contribution is 7.47. The van der Waals surface area contributed by atoms with Crippen molar-refractivity contribution < 1.29 is 63.1 Å². The largest absolute Gasteiger partial charge is 0.472 e. The lowest BCUT2D eigenvalue weighted by Crippen LogP contribution is -2.64. The molecule has 14 heteroatoms. The van der Waals surface area contributed by atoms with Gasteiger partial charge < -0.3 is 39.9 Å². The van der Waals surface area contributed by atoms with Gasteiger partial charge in [-0.15, -0.1) is 0 Å². The van der Waals surface area contributed by atoms with Crippen LogP contribution in [0.3, 0.4) is 0 Å². The molecule has 50 heavy (non-hydrogen) atoms. The van der Waals surface area contributed by atoms with Crippen LogP contribution in [0.1, 0.15) is 110 Å². The molecule has 288 valence electrons. The predicted molar refractivity (Wildman–Crippen MR) is 189 cm³/mol. The first kappa shape index (κ1) is 45.8. The van der Waals surface area contributed by atoms with E-state index in [1.807, 2.05) is 12.2 Å². The molecule has 1 saturated carbocycles. The van der Waals surface area contributed by atoms with E-state index in [1.165, 1.54) is 0 Å². The average molecular weight is 733 g/mol. The van der Waals surface area contributed by atoms with E-state index in [-0.39, 0.29) is 12.8 Å². The van der Waals surface area contributed by atoms with Gasteiger partial charge in [0.2, 0.25) is 0 Å². The summed E-state index contributed by atoms with van der Waals surface area (Å²) in [7, 11) is -5.11. The van der Waals surface area contributed by atoms with Crippen molar-refractivity contribution >= 4 is 19.8 Å². The standard InChI is InChI=1S/C36H61O13P/c1-3-5-7-9-11-12-13-14-15-16-17-18-19-21-23-25-30(38)48-28(26-46-29(37)24-22-20-10-8-6-4-2)27-47-50(44,45)49-36-34(42)32(40)31(39)33(41)35(36)43/h7,9,12-13,15-16,18-19,28,31-36,39-43H,3-6,8,10-11,14,17,20-27H2,1-2H3,(H,44,45)/b9-7+,13-12+,16-15+,19-18+/t28-,31?,32-,33+,34-,35-,36?/m1/s1. The molecule has 0 aromatic carbocycles. The summed E-state index contributed by atoms with van der Waals surface area (Å²) in [5.41, 5.74) is 0. The van der Waals surface area contributed by atoms with E-state index in [1.54, 1.807) is 0 Å². The Bertz CT molecular complexity index is 1080. The van der Waals surface area contributed by atoms with E-state index in [0.717, 1.165) is 64.2 Å². The maximum atomic E-state index is 12.7. The zero-order valence-corrected chi connectivity index (χ0v) is 30.6. The second-order valence-electron chi connectivity index (χ2n) is 12.4. The number of phosphoric ester groups is 1. The first-order valence-electron chi connectivity index (χ1n) is 17.9. The summed E-state index contributed by atoms with van der Waals surface area (Å²) in [6, 6.07) is 0. The zero-order chi connectivity index (χ0) is 37.2.